The van der Waals surface area contributed by atoms with Crippen LogP contribution in [-0.4, -0.2) is 62.0 Å². The Morgan fingerprint density at radius 1 is 1.24 bits per heavy atom. The molecule has 0 aromatic carbocycles. The Hall–Kier alpha value is -0.610. The van der Waals surface area contributed by atoms with Crippen molar-refractivity contribution in [1.82, 2.24) is 15.1 Å². The Balaban J connectivity index is 2.25. The lowest BCUT2D eigenvalue weighted by molar-refractivity contribution is -0.133. The predicted octanol–water partition coefficient (Wildman–Crippen LogP) is 2.35. The van der Waals surface area contributed by atoms with E-state index in [9.17, 15) is 4.79 Å². The zero-order valence-electron chi connectivity index (χ0n) is 14.4. The molecule has 0 bridgehead atoms. The van der Waals surface area contributed by atoms with Crippen molar-refractivity contribution in [2.24, 2.45) is 5.92 Å². The summed E-state index contributed by atoms with van der Waals surface area (Å²) in [4.78, 5) is 16.9. The maximum atomic E-state index is 12.3. The monoisotopic (exact) mass is 297 g/mol. The first kappa shape index (κ1) is 18.4. The quantitative estimate of drug-likeness (QED) is 0.672. The number of nitrogens with one attached hydrogen (secondary N) is 1. The van der Waals surface area contributed by atoms with E-state index in [2.05, 4.69) is 29.0 Å². The summed E-state index contributed by atoms with van der Waals surface area (Å²) >= 11 is 0. The lowest BCUT2D eigenvalue weighted by Crippen LogP contribution is -2.42. The van der Waals surface area contributed by atoms with Gasteiger partial charge in [-0.1, -0.05) is 13.8 Å². The first-order valence-electron chi connectivity index (χ1n) is 8.85. The van der Waals surface area contributed by atoms with Crippen molar-refractivity contribution >= 4 is 5.91 Å². The van der Waals surface area contributed by atoms with Gasteiger partial charge in [-0.2, -0.15) is 0 Å². The summed E-state index contributed by atoms with van der Waals surface area (Å²) in [6.45, 7) is 10.8. The van der Waals surface area contributed by atoms with Gasteiger partial charge in [-0.05, 0) is 71.2 Å². The molecule has 1 rings (SSSR count). The average molecular weight is 297 g/mol. The minimum Gasteiger partial charge on any atom is -0.342 e. The summed E-state index contributed by atoms with van der Waals surface area (Å²) in [7, 11) is 2.00. The summed E-state index contributed by atoms with van der Waals surface area (Å²) in [5.74, 6) is 1.01. The fraction of sp³-hybridized carbons (Fsp3) is 0.941. The van der Waals surface area contributed by atoms with E-state index in [-0.39, 0.29) is 0 Å². The van der Waals surface area contributed by atoms with E-state index in [1.165, 1.54) is 19.3 Å². The van der Waals surface area contributed by atoms with E-state index in [1.807, 2.05) is 7.05 Å². The van der Waals surface area contributed by atoms with Crippen molar-refractivity contribution in [3.05, 3.63) is 0 Å². The Morgan fingerprint density at radius 2 is 1.95 bits per heavy atom. The highest BCUT2D eigenvalue weighted by molar-refractivity contribution is 5.76. The van der Waals surface area contributed by atoms with E-state index in [4.69, 9.17) is 0 Å². The predicted molar refractivity (Wildman–Crippen MR) is 89.5 cm³/mol. The molecule has 124 valence electrons. The molecule has 1 saturated heterocycles. The largest absolute Gasteiger partial charge is 0.342 e. The molecule has 0 spiro atoms. The standard InChI is InChI=1S/C17H35N3O/c1-4-10-19(11-5-2)12-7-9-17(21)20-13-6-8-16(15-20)14-18-3/h16,18H,4-15H2,1-3H3. The third-order valence-corrected chi connectivity index (χ3v) is 4.31. The normalized spacial score (nSPS) is 19.2. The summed E-state index contributed by atoms with van der Waals surface area (Å²) in [6.07, 6.45) is 6.54. The van der Waals surface area contributed by atoms with Crippen molar-refractivity contribution < 1.29 is 4.79 Å². The molecule has 1 heterocycles. The van der Waals surface area contributed by atoms with Crippen LogP contribution in [-0.2, 0) is 4.79 Å². The molecule has 21 heavy (non-hydrogen) atoms. The number of amides is 1. The van der Waals surface area contributed by atoms with Crippen LogP contribution in [0.2, 0.25) is 0 Å². The fourth-order valence-corrected chi connectivity index (χ4v) is 3.33. The topological polar surface area (TPSA) is 35.6 Å². The summed E-state index contributed by atoms with van der Waals surface area (Å²) in [5.41, 5.74) is 0. The second kappa shape index (κ2) is 11.0. The van der Waals surface area contributed by atoms with Crippen molar-refractivity contribution in [2.45, 2.75) is 52.4 Å². The maximum Gasteiger partial charge on any atom is 0.222 e. The number of rotatable bonds is 10. The lowest BCUT2D eigenvalue weighted by atomic mass is 9.97. The van der Waals surface area contributed by atoms with Crippen LogP contribution in [0.4, 0.5) is 0 Å². The number of hydrogen-bond donors (Lipinski definition) is 1. The lowest BCUT2D eigenvalue weighted by Gasteiger charge is -2.33. The second-order valence-electron chi connectivity index (χ2n) is 6.35. The molecule has 1 N–H and O–H groups in total. The van der Waals surface area contributed by atoms with E-state index >= 15 is 0 Å². The molecule has 0 saturated carbocycles. The Morgan fingerprint density at radius 3 is 2.57 bits per heavy atom. The molecular formula is C17H35N3O. The van der Waals surface area contributed by atoms with Gasteiger partial charge in [0.1, 0.15) is 0 Å². The van der Waals surface area contributed by atoms with Crippen molar-refractivity contribution in [3.8, 4) is 0 Å². The van der Waals surface area contributed by atoms with Gasteiger partial charge in [-0.15, -0.1) is 0 Å². The average Bonchev–Trinajstić information content (AvgIpc) is 2.48. The van der Waals surface area contributed by atoms with Gasteiger partial charge in [-0.25, -0.2) is 0 Å². The highest BCUT2D eigenvalue weighted by Crippen LogP contribution is 2.17. The summed E-state index contributed by atoms with van der Waals surface area (Å²) in [6, 6.07) is 0. The Labute approximate surface area is 131 Å². The van der Waals surface area contributed by atoms with E-state index in [0.29, 0.717) is 11.8 Å². The van der Waals surface area contributed by atoms with Crippen LogP contribution < -0.4 is 5.32 Å². The first-order valence-corrected chi connectivity index (χ1v) is 8.85. The van der Waals surface area contributed by atoms with Gasteiger partial charge in [0.05, 0.1) is 0 Å². The van der Waals surface area contributed by atoms with Gasteiger partial charge >= 0.3 is 0 Å². The molecule has 4 heteroatoms. The molecule has 0 aromatic rings. The molecule has 1 amide bonds. The van der Waals surface area contributed by atoms with Crippen molar-refractivity contribution in [2.75, 3.05) is 46.3 Å². The van der Waals surface area contributed by atoms with Gasteiger partial charge in [0, 0.05) is 19.5 Å². The van der Waals surface area contributed by atoms with Crippen LogP contribution in [0.5, 0.6) is 0 Å². The van der Waals surface area contributed by atoms with Crippen LogP contribution in [0.3, 0.4) is 0 Å². The van der Waals surface area contributed by atoms with Crippen LogP contribution >= 0.6 is 0 Å². The van der Waals surface area contributed by atoms with Crippen LogP contribution in [0, 0.1) is 5.92 Å². The van der Waals surface area contributed by atoms with Crippen LogP contribution in [0.1, 0.15) is 52.4 Å². The molecule has 1 aliphatic heterocycles. The zero-order chi connectivity index (χ0) is 15.5. The minimum atomic E-state index is 0.365. The number of likely N-dealkylation sites (tertiary alicyclic amines) is 1. The molecule has 1 atom stereocenters. The Kier molecular flexibility index (Phi) is 9.68. The number of carbonyl (C=O) groups excluding carboxylic acids is 1. The van der Waals surface area contributed by atoms with Gasteiger partial charge < -0.3 is 15.1 Å². The van der Waals surface area contributed by atoms with Gasteiger partial charge in [-0.3, -0.25) is 4.79 Å². The van der Waals surface area contributed by atoms with Gasteiger partial charge in [0.15, 0.2) is 0 Å². The van der Waals surface area contributed by atoms with E-state index in [0.717, 1.165) is 58.5 Å². The van der Waals surface area contributed by atoms with Crippen molar-refractivity contribution in [3.63, 3.8) is 0 Å². The Bertz CT molecular complexity index is 275. The van der Waals surface area contributed by atoms with Crippen molar-refractivity contribution in [1.29, 1.82) is 0 Å². The molecule has 1 aliphatic rings. The fourth-order valence-electron chi connectivity index (χ4n) is 3.33. The smallest absolute Gasteiger partial charge is 0.222 e. The second-order valence-corrected chi connectivity index (χ2v) is 6.35. The highest BCUT2D eigenvalue weighted by Gasteiger charge is 2.22. The number of nitrogens with zero attached hydrogens (tertiary/aromatic N) is 2. The number of piperidine rings is 1. The minimum absolute atomic E-state index is 0.365. The molecule has 0 aromatic heterocycles. The molecular weight excluding hydrogens is 262 g/mol. The third kappa shape index (κ3) is 7.28. The number of hydrogen-bond acceptors (Lipinski definition) is 3. The highest BCUT2D eigenvalue weighted by atomic mass is 16.2. The molecule has 0 radical (unpaired) electrons. The van der Waals surface area contributed by atoms with Crippen LogP contribution in [0.25, 0.3) is 0 Å². The summed E-state index contributed by atoms with van der Waals surface area (Å²) < 4.78 is 0. The maximum absolute atomic E-state index is 12.3. The molecule has 1 unspecified atom stereocenters. The van der Waals surface area contributed by atoms with E-state index < -0.39 is 0 Å². The van der Waals surface area contributed by atoms with Gasteiger partial charge in [0.2, 0.25) is 5.91 Å². The molecule has 4 nitrogen and oxygen atoms in total. The molecule has 0 aliphatic carbocycles. The zero-order valence-corrected chi connectivity index (χ0v) is 14.4. The SMILES string of the molecule is CCCN(CCC)CCCC(=O)N1CCCC(CNC)C1. The first-order chi connectivity index (χ1) is 10.2. The van der Waals surface area contributed by atoms with E-state index in [1.54, 1.807) is 0 Å². The van der Waals surface area contributed by atoms with Gasteiger partial charge in [0.25, 0.3) is 0 Å². The molecule has 1 fully saturated rings. The summed E-state index contributed by atoms with van der Waals surface area (Å²) in [5, 5.41) is 3.24. The van der Waals surface area contributed by atoms with Crippen LogP contribution in [0.15, 0.2) is 0 Å². The third-order valence-electron chi connectivity index (χ3n) is 4.31. The number of carbonyl (C=O) groups is 1.